The van der Waals surface area contributed by atoms with Gasteiger partial charge in [-0.25, -0.2) is 9.13 Å². The van der Waals surface area contributed by atoms with Crippen molar-refractivity contribution in [1.29, 1.82) is 0 Å². The van der Waals surface area contributed by atoms with Gasteiger partial charge < -0.3 is 33.8 Å². The van der Waals surface area contributed by atoms with Gasteiger partial charge >= 0.3 is 39.5 Å². The zero-order valence-electron chi connectivity index (χ0n) is 62.7. The summed E-state index contributed by atoms with van der Waals surface area (Å²) in [5.74, 6) is -0.512. The van der Waals surface area contributed by atoms with Crippen LogP contribution in [0.5, 0.6) is 0 Å². The molecular weight excluding hydrogens is 1260 g/mol. The number of phosphoric ester groups is 2. The van der Waals surface area contributed by atoms with E-state index in [9.17, 15) is 43.2 Å². The molecule has 96 heavy (non-hydrogen) atoms. The Labute approximate surface area is 588 Å². The van der Waals surface area contributed by atoms with E-state index in [4.69, 9.17) is 37.0 Å². The lowest BCUT2D eigenvalue weighted by Gasteiger charge is -2.21. The summed E-state index contributed by atoms with van der Waals surface area (Å²) in [6.45, 7) is 9.63. The third-order valence-corrected chi connectivity index (χ3v) is 20.6. The second-order valence-electron chi connectivity index (χ2n) is 28.2. The Bertz CT molecular complexity index is 1860. The molecule has 17 nitrogen and oxygen atoms in total. The first-order chi connectivity index (χ1) is 46.4. The summed E-state index contributed by atoms with van der Waals surface area (Å²) in [7, 11) is -9.91. The van der Waals surface area contributed by atoms with Gasteiger partial charge in [-0.15, -0.1) is 0 Å². The topological polar surface area (TPSA) is 237 Å². The number of esters is 4. The van der Waals surface area contributed by atoms with Gasteiger partial charge in [-0.2, -0.15) is 0 Å². The molecule has 0 bridgehead atoms. The van der Waals surface area contributed by atoms with E-state index in [1.807, 2.05) is 0 Å². The van der Waals surface area contributed by atoms with Gasteiger partial charge in [0.2, 0.25) is 0 Å². The molecular formula is C77H150O17P2. The molecule has 0 fully saturated rings. The summed E-state index contributed by atoms with van der Waals surface area (Å²) in [6, 6.07) is 0. The predicted molar refractivity (Wildman–Crippen MR) is 391 cm³/mol. The molecule has 0 aromatic carbocycles. The van der Waals surface area contributed by atoms with Crippen LogP contribution in [0.2, 0.25) is 0 Å². The Morgan fingerprint density at radius 3 is 0.740 bits per heavy atom. The zero-order chi connectivity index (χ0) is 70.7. The van der Waals surface area contributed by atoms with Crippen molar-refractivity contribution in [3.8, 4) is 0 Å². The van der Waals surface area contributed by atoms with E-state index >= 15 is 0 Å². The second kappa shape index (κ2) is 68.8. The first-order valence-corrected chi connectivity index (χ1v) is 43.1. The molecule has 0 aromatic rings. The number of hydrogen-bond donors (Lipinski definition) is 3. The van der Waals surface area contributed by atoms with Gasteiger partial charge in [0.1, 0.15) is 19.3 Å². The number of phosphoric acid groups is 2. The minimum atomic E-state index is -4.96. The summed E-state index contributed by atoms with van der Waals surface area (Å²) in [5.41, 5.74) is 0. The van der Waals surface area contributed by atoms with Gasteiger partial charge in [-0.05, 0) is 37.5 Å². The van der Waals surface area contributed by atoms with Crippen molar-refractivity contribution in [3.05, 3.63) is 0 Å². The molecule has 7 atom stereocenters. The summed E-state index contributed by atoms with van der Waals surface area (Å²) >= 11 is 0. The van der Waals surface area contributed by atoms with E-state index in [0.717, 1.165) is 108 Å². The van der Waals surface area contributed by atoms with E-state index in [0.29, 0.717) is 25.7 Å². The fourth-order valence-electron chi connectivity index (χ4n) is 11.8. The van der Waals surface area contributed by atoms with Crippen LogP contribution in [0.1, 0.15) is 401 Å². The van der Waals surface area contributed by atoms with Crippen molar-refractivity contribution in [2.24, 2.45) is 11.8 Å². The SMILES string of the molecule is CCCCCCCCCCCCCCC(=O)OC[C@H](COP(=O)(O)OC[C@@H](O)COP(=O)(O)OC[C@@H](COC(=O)CCCCCCCCC(C)CC)OC(=O)CCCCCCCCCCCCCC)OC(=O)CCCCCCCCCCCCCCCCCCCCC(C)CC. The van der Waals surface area contributed by atoms with Gasteiger partial charge in [0.25, 0.3) is 0 Å². The Balaban J connectivity index is 5.18. The molecule has 570 valence electrons. The first kappa shape index (κ1) is 94.1. The number of ether oxygens (including phenoxy) is 4. The molecule has 0 saturated carbocycles. The normalized spacial score (nSPS) is 14.6. The highest BCUT2D eigenvalue weighted by Gasteiger charge is 2.30. The molecule has 0 aliphatic rings. The van der Waals surface area contributed by atoms with Gasteiger partial charge in [0.15, 0.2) is 12.2 Å². The quantitative estimate of drug-likeness (QED) is 0.0222. The van der Waals surface area contributed by atoms with E-state index < -0.39 is 97.5 Å². The number of carbonyl (C=O) groups excluding carboxylic acids is 4. The molecule has 0 heterocycles. The number of aliphatic hydroxyl groups excluding tert-OH is 1. The molecule has 0 amide bonds. The molecule has 19 heteroatoms. The van der Waals surface area contributed by atoms with Crippen LogP contribution < -0.4 is 0 Å². The fraction of sp³-hybridized carbons (Fsp3) is 0.948. The van der Waals surface area contributed by atoms with Crippen molar-refractivity contribution in [1.82, 2.24) is 0 Å². The summed E-state index contributed by atoms with van der Waals surface area (Å²) in [4.78, 5) is 72.8. The summed E-state index contributed by atoms with van der Waals surface area (Å²) in [6.07, 6.45) is 56.8. The Kier molecular flexibility index (Phi) is 67.4. The third kappa shape index (κ3) is 67.9. The van der Waals surface area contributed by atoms with E-state index in [2.05, 4.69) is 41.5 Å². The Morgan fingerprint density at radius 1 is 0.292 bits per heavy atom. The van der Waals surface area contributed by atoms with Crippen LogP contribution in [0.25, 0.3) is 0 Å². The van der Waals surface area contributed by atoms with Crippen molar-refractivity contribution in [3.63, 3.8) is 0 Å². The highest BCUT2D eigenvalue weighted by atomic mass is 31.2. The molecule has 4 unspecified atom stereocenters. The monoisotopic (exact) mass is 1410 g/mol. The van der Waals surface area contributed by atoms with Crippen LogP contribution in [0.3, 0.4) is 0 Å². The standard InChI is InChI=1S/C77H150O17P2/c1-7-11-13-15-17-19-21-32-36-40-47-53-59-74(79)87-65-72(93-77(82)62-56-50-42-38-34-30-28-26-24-23-25-27-29-31-35-39-45-51-57-69(5)9-3)67-91-95(83,84)89-63-71(78)64-90-96(85,86)92-68-73(66-88-75(80)60-54-48-44-43-46-52-58-70(6)10-4)94-76(81)61-55-49-41-37-33-22-20-18-16-14-12-8-2/h69-73,78H,7-68H2,1-6H3,(H,83,84)(H,85,86)/t69?,70?,71-,72-,73-/m1/s1. The second-order valence-corrected chi connectivity index (χ2v) is 31.1. The first-order valence-electron chi connectivity index (χ1n) is 40.1. The van der Waals surface area contributed by atoms with Gasteiger partial charge in [-0.1, -0.05) is 350 Å². The van der Waals surface area contributed by atoms with Crippen LogP contribution in [0.15, 0.2) is 0 Å². The molecule has 0 aromatic heterocycles. The van der Waals surface area contributed by atoms with Gasteiger partial charge in [0.05, 0.1) is 26.4 Å². The maximum absolute atomic E-state index is 13.1. The van der Waals surface area contributed by atoms with Crippen LogP contribution in [-0.2, 0) is 65.4 Å². The minimum Gasteiger partial charge on any atom is -0.462 e. The Hall–Kier alpha value is -1.94. The highest BCUT2D eigenvalue weighted by molar-refractivity contribution is 7.47. The maximum Gasteiger partial charge on any atom is 0.472 e. The predicted octanol–water partition coefficient (Wildman–Crippen LogP) is 22.7. The van der Waals surface area contributed by atoms with Crippen molar-refractivity contribution in [2.45, 2.75) is 419 Å². The zero-order valence-corrected chi connectivity index (χ0v) is 64.5. The fourth-order valence-corrected chi connectivity index (χ4v) is 13.3. The molecule has 0 radical (unpaired) electrons. The number of unbranched alkanes of at least 4 members (excludes halogenated alkanes) is 44. The van der Waals surface area contributed by atoms with Crippen LogP contribution in [0.4, 0.5) is 0 Å². The Morgan fingerprint density at radius 2 is 0.500 bits per heavy atom. The number of rotatable bonds is 76. The van der Waals surface area contributed by atoms with Crippen molar-refractivity contribution in [2.75, 3.05) is 39.6 Å². The average molecular weight is 1410 g/mol. The van der Waals surface area contributed by atoms with Crippen molar-refractivity contribution >= 4 is 39.5 Å². The highest BCUT2D eigenvalue weighted by Crippen LogP contribution is 2.45. The third-order valence-electron chi connectivity index (χ3n) is 18.7. The lowest BCUT2D eigenvalue weighted by molar-refractivity contribution is -0.161. The van der Waals surface area contributed by atoms with E-state index in [1.165, 1.54) is 212 Å². The van der Waals surface area contributed by atoms with Crippen LogP contribution in [0, 0.1) is 11.8 Å². The van der Waals surface area contributed by atoms with Crippen LogP contribution in [-0.4, -0.2) is 96.7 Å². The summed E-state index contributed by atoms with van der Waals surface area (Å²) < 4.78 is 68.5. The van der Waals surface area contributed by atoms with Crippen LogP contribution >= 0.6 is 15.6 Å². The molecule has 0 aliphatic heterocycles. The molecule has 0 rings (SSSR count). The largest absolute Gasteiger partial charge is 0.472 e. The van der Waals surface area contributed by atoms with Crippen molar-refractivity contribution < 1.29 is 80.2 Å². The van der Waals surface area contributed by atoms with Gasteiger partial charge in [-0.3, -0.25) is 37.3 Å². The average Bonchev–Trinajstić information content (AvgIpc) is 3.09. The summed E-state index contributed by atoms with van der Waals surface area (Å²) in [5, 5.41) is 10.6. The molecule has 0 spiro atoms. The minimum absolute atomic E-state index is 0.107. The molecule has 0 saturated heterocycles. The number of hydrogen-bond acceptors (Lipinski definition) is 15. The smallest absolute Gasteiger partial charge is 0.462 e. The molecule has 0 aliphatic carbocycles. The number of aliphatic hydroxyl groups is 1. The maximum atomic E-state index is 13.1. The number of carbonyl (C=O) groups is 4. The van der Waals surface area contributed by atoms with E-state index in [1.54, 1.807) is 0 Å². The lowest BCUT2D eigenvalue weighted by Crippen LogP contribution is -2.30. The lowest BCUT2D eigenvalue weighted by atomic mass is 9.99. The van der Waals surface area contributed by atoms with E-state index in [-0.39, 0.29) is 25.7 Å². The van der Waals surface area contributed by atoms with Gasteiger partial charge in [0, 0.05) is 25.7 Å². The molecule has 3 N–H and O–H groups in total.